The molecule has 0 heterocycles. The van der Waals surface area contributed by atoms with Gasteiger partial charge in [-0.3, -0.25) is 0 Å². The Morgan fingerprint density at radius 2 is 2.50 bits per heavy atom. The maximum absolute atomic E-state index is 10.4. The van der Waals surface area contributed by atoms with Gasteiger partial charge in [-0.15, -0.1) is 17.5 Å². The number of hydrogen-bond acceptors (Lipinski definition) is 3. The highest BCUT2D eigenvalue weighted by atomic mass is 32.2. The van der Waals surface area contributed by atoms with E-state index in [1.54, 1.807) is 17.2 Å². The summed E-state index contributed by atoms with van der Waals surface area (Å²) < 4.78 is 4.34. The van der Waals surface area contributed by atoms with Crippen LogP contribution in [0.3, 0.4) is 0 Å². The summed E-state index contributed by atoms with van der Waals surface area (Å²) in [6, 6.07) is 0. The Hall–Kier alpha value is -0.660. The molecule has 0 saturated heterocycles. The van der Waals surface area contributed by atoms with Crippen molar-refractivity contribution in [3.8, 4) is 0 Å². The van der Waals surface area contributed by atoms with Gasteiger partial charge in [-0.1, -0.05) is 6.92 Å². The Morgan fingerprint density at radius 3 is 3.00 bits per heavy atom. The van der Waals surface area contributed by atoms with Crippen LogP contribution in [0.1, 0.15) is 6.92 Å². The van der Waals surface area contributed by atoms with Crippen molar-refractivity contribution in [2.24, 2.45) is 0 Å². The summed E-state index contributed by atoms with van der Waals surface area (Å²) in [4.78, 5) is 10.4. The average Bonchev–Trinajstić information content (AvgIpc) is 1.98. The fourth-order valence-electron chi connectivity index (χ4n) is 0.292. The summed E-state index contributed by atoms with van der Waals surface area (Å²) >= 11 is 1.59. The molecule has 0 radical (unpaired) electrons. The number of esters is 1. The van der Waals surface area contributed by atoms with Crippen molar-refractivity contribution in [3.63, 3.8) is 0 Å². The monoisotopic (exact) mass is 158 g/mol. The quantitative estimate of drug-likeness (QED) is 0.354. The molecule has 2 nitrogen and oxygen atoms in total. The summed E-state index contributed by atoms with van der Waals surface area (Å²) in [5.41, 5.74) is 2.68. The van der Waals surface area contributed by atoms with Gasteiger partial charge in [0.2, 0.25) is 0 Å². The van der Waals surface area contributed by atoms with Crippen LogP contribution in [0.5, 0.6) is 0 Å². The molecule has 0 fully saturated rings. The van der Waals surface area contributed by atoms with Crippen LogP contribution < -0.4 is 0 Å². The molecular formula is C7H10O2S. The number of methoxy groups -OCH3 is 1. The topological polar surface area (TPSA) is 26.3 Å². The fraction of sp³-hybridized carbons (Fsp3) is 0.429. The SMILES string of the molecule is CCSC=C=CC(=O)OC. The van der Waals surface area contributed by atoms with Gasteiger partial charge in [0.15, 0.2) is 0 Å². The smallest absolute Gasteiger partial charge is 0.338 e. The lowest BCUT2D eigenvalue weighted by Crippen LogP contribution is -1.91. The molecule has 0 N–H and O–H groups in total. The minimum atomic E-state index is -0.368. The maximum Gasteiger partial charge on any atom is 0.338 e. The Labute approximate surface area is 64.9 Å². The summed E-state index contributed by atoms with van der Waals surface area (Å²) in [6.07, 6.45) is 1.27. The van der Waals surface area contributed by atoms with Crippen LogP contribution in [-0.4, -0.2) is 18.8 Å². The zero-order valence-electron chi connectivity index (χ0n) is 6.09. The minimum absolute atomic E-state index is 0.368. The van der Waals surface area contributed by atoms with Crippen molar-refractivity contribution < 1.29 is 9.53 Å². The molecule has 10 heavy (non-hydrogen) atoms. The van der Waals surface area contributed by atoms with Gasteiger partial charge in [0.1, 0.15) is 0 Å². The molecule has 3 heteroatoms. The molecule has 0 saturated carbocycles. The molecule has 56 valence electrons. The predicted octanol–water partition coefficient (Wildman–Crippen LogP) is 1.58. The van der Waals surface area contributed by atoms with E-state index in [9.17, 15) is 4.79 Å². The molecule has 0 aromatic carbocycles. The van der Waals surface area contributed by atoms with E-state index in [0.29, 0.717) is 0 Å². The van der Waals surface area contributed by atoms with Crippen molar-refractivity contribution >= 4 is 17.7 Å². The molecule has 0 bridgehead atoms. The number of carbonyl (C=O) groups excluding carboxylic acids is 1. The van der Waals surface area contributed by atoms with Crippen LogP contribution in [0.2, 0.25) is 0 Å². The third-order valence-corrected chi connectivity index (χ3v) is 1.36. The lowest BCUT2D eigenvalue weighted by atomic mass is 10.6. The maximum atomic E-state index is 10.4. The van der Waals surface area contributed by atoms with E-state index in [-0.39, 0.29) is 5.97 Å². The van der Waals surface area contributed by atoms with Crippen LogP contribution in [0, 0.1) is 0 Å². The lowest BCUT2D eigenvalue weighted by Gasteiger charge is -1.84. The predicted molar refractivity (Wildman–Crippen MR) is 42.8 cm³/mol. The van der Waals surface area contributed by atoms with Gasteiger partial charge in [-0.05, 0) is 5.75 Å². The number of rotatable bonds is 3. The number of thioether (sulfide) groups is 1. The summed E-state index contributed by atoms with van der Waals surface area (Å²) in [6.45, 7) is 2.03. The Morgan fingerprint density at radius 1 is 1.80 bits per heavy atom. The Kier molecular flexibility index (Phi) is 6.03. The number of ether oxygens (including phenoxy) is 1. The van der Waals surface area contributed by atoms with E-state index in [0.717, 1.165) is 5.75 Å². The van der Waals surface area contributed by atoms with Crippen LogP contribution in [0.4, 0.5) is 0 Å². The highest BCUT2D eigenvalue weighted by Gasteiger charge is 1.85. The van der Waals surface area contributed by atoms with Gasteiger partial charge in [-0.25, -0.2) is 4.79 Å². The van der Waals surface area contributed by atoms with Crippen molar-refractivity contribution in [2.75, 3.05) is 12.9 Å². The first kappa shape index (κ1) is 9.34. The fourth-order valence-corrected chi connectivity index (χ4v) is 0.623. The normalized spacial score (nSPS) is 7.80. The Balaban J connectivity index is 3.62. The van der Waals surface area contributed by atoms with Crippen molar-refractivity contribution in [1.82, 2.24) is 0 Å². The minimum Gasteiger partial charge on any atom is -0.465 e. The highest BCUT2D eigenvalue weighted by Crippen LogP contribution is 1.97. The highest BCUT2D eigenvalue weighted by molar-refractivity contribution is 8.02. The lowest BCUT2D eigenvalue weighted by molar-refractivity contribution is -0.134. The molecule has 0 aliphatic rings. The van der Waals surface area contributed by atoms with Crippen molar-refractivity contribution in [1.29, 1.82) is 0 Å². The first-order chi connectivity index (χ1) is 4.81. The first-order valence-corrected chi connectivity index (χ1v) is 3.96. The van der Waals surface area contributed by atoms with Crippen LogP contribution >= 0.6 is 11.8 Å². The van der Waals surface area contributed by atoms with Gasteiger partial charge in [0.25, 0.3) is 0 Å². The average molecular weight is 158 g/mol. The second-order valence-electron chi connectivity index (χ2n) is 1.41. The third kappa shape index (κ3) is 5.48. The molecule has 0 rings (SSSR count). The van der Waals surface area contributed by atoms with Gasteiger partial charge in [0.05, 0.1) is 13.2 Å². The summed E-state index contributed by atoms with van der Waals surface area (Å²) in [5.74, 6) is 0.620. The van der Waals surface area contributed by atoms with Crippen LogP contribution in [0.15, 0.2) is 17.2 Å². The van der Waals surface area contributed by atoms with E-state index in [4.69, 9.17) is 0 Å². The third-order valence-electron chi connectivity index (χ3n) is 0.720. The van der Waals surface area contributed by atoms with E-state index in [1.807, 2.05) is 6.92 Å². The van der Waals surface area contributed by atoms with Gasteiger partial charge in [-0.2, -0.15) is 0 Å². The van der Waals surface area contributed by atoms with E-state index in [2.05, 4.69) is 10.5 Å². The van der Waals surface area contributed by atoms with Gasteiger partial charge in [0, 0.05) is 5.41 Å². The molecular weight excluding hydrogens is 148 g/mol. The largest absolute Gasteiger partial charge is 0.465 e. The zero-order valence-corrected chi connectivity index (χ0v) is 6.90. The zero-order chi connectivity index (χ0) is 7.82. The van der Waals surface area contributed by atoms with Crippen LogP contribution in [-0.2, 0) is 9.53 Å². The van der Waals surface area contributed by atoms with Gasteiger partial charge >= 0.3 is 5.97 Å². The molecule has 0 spiro atoms. The molecule has 0 aliphatic heterocycles. The summed E-state index contributed by atoms with van der Waals surface area (Å²) in [5, 5.41) is 1.73. The first-order valence-electron chi connectivity index (χ1n) is 2.91. The summed E-state index contributed by atoms with van der Waals surface area (Å²) in [7, 11) is 1.34. The molecule has 0 aromatic rings. The molecule has 0 unspecified atom stereocenters. The van der Waals surface area contributed by atoms with E-state index < -0.39 is 0 Å². The standard InChI is InChI=1S/C7H10O2S/c1-3-10-6-4-5-7(8)9-2/h5-6H,3H2,1-2H3. The van der Waals surface area contributed by atoms with Gasteiger partial charge < -0.3 is 4.74 Å². The Bertz CT molecular complexity index is 157. The molecule has 0 atom stereocenters. The second kappa shape index (κ2) is 6.46. The van der Waals surface area contributed by atoms with Crippen molar-refractivity contribution in [2.45, 2.75) is 6.92 Å². The molecule has 0 aromatic heterocycles. The number of carbonyl (C=O) groups is 1. The molecule has 0 aliphatic carbocycles. The van der Waals surface area contributed by atoms with E-state index >= 15 is 0 Å². The van der Waals surface area contributed by atoms with Crippen molar-refractivity contribution in [3.05, 3.63) is 17.2 Å². The van der Waals surface area contributed by atoms with E-state index in [1.165, 1.54) is 13.2 Å². The molecule has 0 amide bonds. The number of hydrogen-bond donors (Lipinski definition) is 0. The second-order valence-corrected chi connectivity index (χ2v) is 2.55. The van der Waals surface area contributed by atoms with Crippen LogP contribution in [0.25, 0.3) is 0 Å².